The monoisotopic (exact) mass is 392 g/mol. The average Bonchev–Trinajstić information content (AvgIpc) is 3.29. The predicted octanol–water partition coefficient (Wildman–Crippen LogP) is 3.09. The van der Waals surface area contributed by atoms with Crippen molar-refractivity contribution >= 4 is 34.7 Å². The van der Waals surface area contributed by atoms with Crippen LogP contribution < -0.4 is 15.5 Å². The van der Waals surface area contributed by atoms with Gasteiger partial charge >= 0.3 is 0 Å². The SMILES string of the molecule is CCNC(=NCc1ncc(CC)s1)NC1CCN(c2ncccc2Cl)C1. The summed E-state index contributed by atoms with van der Waals surface area (Å²) in [6.45, 7) is 7.43. The second-order valence-electron chi connectivity index (χ2n) is 6.15. The minimum Gasteiger partial charge on any atom is -0.357 e. The highest BCUT2D eigenvalue weighted by atomic mass is 35.5. The van der Waals surface area contributed by atoms with Crippen molar-refractivity contribution in [3.8, 4) is 0 Å². The zero-order valence-electron chi connectivity index (χ0n) is 15.2. The molecule has 2 aromatic heterocycles. The van der Waals surface area contributed by atoms with Gasteiger partial charge in [-0.25, -0.2) is 15.0 Å². The normalized spacial score (nSPS) is 17.6. The number of hydrogen-bond acceptors (Lipinski definition) is 5. The summed E-state index contributed by atoms with van der Waals surface area (Å²) in [5.74, 6) is 1.69. The summed E-state index contributed by atoms with van der Waals surface area (Å²) in [7, 11) is 0. The van der Waals surface area contributed by atoms with Crippen LogP contribution in [0.2, 0.25) is 5.02 Å². The number of aryl methyl sites for hydroxylation is 1. The minimum atomic E-state index is 0.313. The van der Waals surface area contributed by atoms with E-state index < -0.39 is 0 Å². The van der Waals surface area contributed by atoms with Gasteiger partial charge in [0.2, 0.25) is 0 Å². The van der Waals surface area contributed by atoms with E-state index in [1.54, 1.807) is 17.5 Å². The van der Waals surface area contributed by atoms with E-state index in [-0.39, 0.29) is 0 Å². The first kappa shape index (κ1) is 18.9. The summed E-state index contributed by atoms with van der Waals surface area (Å²) < 4.78 is 0. The summed E-state index contributed by atoms with van der Waals surface area (Å²) in [6, 6.07) is 4.05. The number of anilines is 1. The van der Waals surface area contributed by atoms with Crippen LogP contribution in [0.3, 0.4) is 0 Å². The number of aromatic nitrogens is 2. The third kappa shape index (κ3) is 4.86. The zero-order chi connectivity index (χ0) is 18.4. The van der Waals surface area contributed by atoms with Crippen LogP contribution in [0.5, 0.6) is 0 Å². The fourth-order valence-electron chi connectivity index (χ4n) is 2.93. The number of halogens is 1. The van der Waals surface area contributed by atoms with Crippen molar-refractivity contribution in [1.82, 2.24) is 20.6 Å². The minimum absolute atomic E-state index is 0.313. The molecule has 0 amide bonds. The maximum atomic E-state index is 6.27. The highest BCUT2D eigenvalue weighted by Crippen LogP contribution is 2.25. The van der Waals surface area contributed by atoms with Gasteiger partial charge in [0, 0.05) is 42.9 Å². The molecule has 3 heterocycles. The fourth-order valence-corrected chi connectivity index (χ4v) is 3.95. The molecule has 0 radical (unpaired) electrons. The van der Waals surface area contributed by atoms with Crippen LogP contribution >= 0.6 is 22.9 Å². The van der Waals surface area contributed by atoms with Crippen molar-refractivity contribution in [1.29, 1.82) is 0 Å². The molecule has 0 aromatic carbocycles. The molecule has 1 aliphatic rings. The number of nitrogens with one attached hydrogen (secondary N) is 2. The molecule has 3 rings (SSSR count). The first-order chi connectivity index (χ1) is 12.7. The molecule has 0 spiro atoms. The van der Waals surface area contributed by atoms with Crippen LogP contribution in [0, 0.1) is 0 Å². The maximum Gasteiger partial charge on any atom is 0.191 e. The molecule has 1 unspecified atom stereocenters. The van der Waals surface area contributed by atoms with Crippen LogP contribution in [-0.4, -0.2) is 41.6 Å². The number of aliphatic imine (C=N–C) groups is 1. The number of nitrogens with zero attached hydrogens (tertiary/aromatic N) is 4. The second kappa shape index (κ2) is 9.19. The average molecular weight is 393 g/mol. The number of rotatable bonds is 6. The van der Waals surface area contributed by atoms with Gasteiger partial charge in [-0.3, -0.25) is 0 Å². The third-order valence-corrected chi connectivity index (χ3v) is 5.66. The van der Waals surface area contributed by atoms with Crippen molar-refractivity contribution in [2.45, 2.75) is 39.3 Å². The lowest BCUT2D eigenvalue weighted by Gasteiger charge is -2.20. The molecular formula is C18H25ClN6S. The highest BCUT2D eigenvalue weighted by molar-refractivity contribution is 7.11. The smallest absolute Gasteiger partial charge is 0.191 e. The summed E-state index contributed by atoms with van der Waals surface area (Å²) in [5.41, 5.74) is 0. The quantitative estimate of drug-likeness (QED) is 0.584. The van der Waals surface area contributed by atoms with Crippen LogP contribution in [-0.2, 0) is 13.0 Å². The molecule has 1 aliphatic heterocycles. The molecule has 2 N–H and O–H groups in total. The Hall–Kier alpha value is -1.86. The summed E-state index contributed by atoms with van der Waals surface area (Å²) >= 11 is 8.00. The molecular weight excluding hydrogens is 368 g/mol. The van der Waals surface area contributed by atoms with Gasteiger partial charge in [-0.05, 0) is 31.9 Å². The molecule has 1 atom stereocenters. The van der Waals surface area contributed by atoms with Crippen LogP contribution in [0.25, 0.3) is 0 Å². The summed E-state index contributed by atoms with van der Waals surface area (Å²) in [5, 5.41) is 8.60. The molecule has 0 saturated carbocycles. The van der Waals surface area contributed by atoms with Gasteiger partial charge in [-0.1, -0.05) is 18.5 Å². The van der Waals surface area contributed by atoms with E-state index in [0.717, 1.165) is 49.3 Å². The number of hydrogen-bond donors (Lipinski definition) is 2. The first-order valence-corrected chi connectivity index (χ1v) is 10.2. The zero-order valence-corrected chi connectivity index (χ0v) is 16.8. The molecule has 140 valence electrons. The number of guanidine groups is 1. The largest absolute Gasteiger partial charge is 0.357 e. The topological polar surface area (TPSA) is 65.4 Å². The fraction of sp³-hybridized carbons (Fsp3) is 0.500. The molecule has 0 aliphatic carbocycles. The summed E-state index contributed by atoms with van der Waals surface area (Å²) in [6.07, 6.45) is 5.77. The molecule has 26 heavy (non-hydrogen) atoms. The Morgan fingerprint density at radius 3 is 3.04 bits per heavy atom. The van der Waals surface area contributed by atoms with Gasteiger partial charge in [0.15, 0.2) is 5.96 Å². The van der Waals surface area contributed by atoms with E-state index in [4.69, 9.17) is 16.6 Å². The van der Waals surface area contributed by atoms with Crippen molar-refractivity contribution in [3.63, 3.8) is 0 Å². The van der Waals surface area contributed by atoms with E-state index >= 15 is 0 Å². The molecule has 8 heteroatoms. The van der Waals surface area contributed by atoms with Crippen molar-refractivity contribution in [3.05, 3.63) is 39.4 Å². The van der Waals surface area contributed by atoms with Crippen LogP contribution in [0.4, 0.5) is 5.82 Å². The lowest BCUT2D eigenvalue weighted by Crippen LogP contribution is -2.44. The number of thiazole rings is 1. The standard InChI is InChI=1S/C18H25ClN6S/c1-3-14-10-22-16(26-14)11-23-18(20-4-2)24-13-7-9-25(12-13)17-15(19)6-5-8-21-17/h5-6,8,10,13H,3-4,7,9,11-12H2,1-2H3,(H2,20,23,24). The molecule has 6 nitrogen and oxygen atoms in total. The Labute approximate surface area is 163 Å². The Balaban J connectivity index is 1.59. The van der Waals surface area contributed by atoms with Gasteiger partial charge in [-0.2, -0.15) is 0 Å². The Morgan fingerprint density at radius 2 is 2.31 bits per heavy atom. The Morgan fingerprint density at radius 1 is 1.42 bits per heavy atom. The molecule has 1 saturated heterocycles. The lowest BCUT2D eigenvalue weighted by atomic mass is 10.3. The van der Waals surface area contributed by atoms with E-state index in [9.17, 15) is 0 Å². The molecule has 1 fully saturated rings. The Bertz CT molecular complexity index is 747. The highest BCUT2D eigenvalue weighted by Gasteiger charge is 2.25. The first-order valence-electron chi connectivity index (χ1n) is 9.03. The van der Waals surface area contributed by atoms with Gasteiger partial charge in [0.25, 0.3) is 0 Å². The van der Waals surface area contributed by atoms with Gasteiger partial charge in [-0.15, -0.1) is 11.3 Å². The Kier molecular flexibility index (Phi) is 6.68. The van der Waals surface area contributed by atoms with E-state index in [0.29, 0.717) is 17.6 Å². The number of pyridine rings is 1. The van der Waals surface area contributed by atoms with E-state index in [2.05, 4.69) is 39.3 Å². The predicted molar refractivity (Wildman–Crippen MR) is 109 cm³/mol. The molecule has 0 bridgehead atoms. The van der Waals surface area contributed by atoms with Gasteiger partial charge in [0.05, 0.1) is 11.6 Å². The van der Waals surface area contributed by atoms with Gasteiger partial charge in [0.1, 0.15) is 10.8 Å². The van der Waals surface area contributed by atoms with Crippen molar-refractivity contribution in [2.24, 2.45) is 4.99 Å². The van der Waals surface area contributed by atoms with E-state index in [1.807, 2.05) is 18.3 Å². The molecule has 2 aromatic rings. The second-order valence-corrected chi connectivity index (χ2v) is 7.76. The van der Waals surface area contributed by atoms with Gasteiger partial charge < -0.3 is 15.5 Å². The summed E-state index contributed by atoms with van der Waals surface area (Å²) in [4.78, 5) is 17.1. The third-order valence-electron chi connectivity index (χ3n) is 4.23. The van der Waals surface area contributed by atoms with Crippen LogP contribution in [0.15, 0.2) is 29.5 Å². The lowest BCUT2D eigenvalue weighted by molar-refractivity contribution is 0.648. The van der Waals surface area contributed by atoms with E-state index in [1.165, 1.54) is 4.88 Å². The maximum absolute atomic E-state index is 6.27. The van der Waals surface area contributed by atoms with Crippen molar-refractivity contribution in [2.75, 3.05) is 24.5 Å². The van der Waals surface area contributed by atoms with Crippen molar-refractivity contribution < 1.29 is 0 Å². The van der Waals surface area contributed by atoms with Crippen LogP contribution in [0.1, 0.15) is 30.2 Å².